The van der Waals surface area contributed by atoms with Crippen molar-refractivity contribution in [2.45, 2.75) is 12.6 Å². The van der Waals surface area contributed by atoms with Crippen molar-refractivity contribution in [1.82, 2.24) is 0 Å². The summed E-state index contributed by atoms with van der Waals surface area (Å²) in [5.41, 5.74) is -0.839. The zero-order valence-electron chi connectivity index (χ0n) is 7.60. The summed E-state index contributed by atoms with van der Waals surface area (Å²) >= 11 is 0. The minimum Gasteiger partial charge on any atom is -0.486 e. The van der Waals surface area contributed by atoms with E-state index < -0.39 is 11.7 Å². The molecule has 0 aromatic heterocycles. The van der Waals surface area contributed by atoms with E-state index >= 15 is 0 Å². The van der Waals surface area contributed by atoms with Crippen molar-refractivity contribution >= 4 is 5.78 Å². The van der Waals surface area contributed by atoms with Crippen LogP contribution in [-0.2, 0) is 17.4 Å². The first-order valence-electron chi connectivity index (χ1n) is 4.32. The molecular weight excluding hydrogens is 209 g/mol. The SMILES string of the molecule is O=C1COc2cccc(C(F)(F)F)c2C1. The van der Waals surface area contributed by atoms with Crippen LogP contribution in [0.4, 0.5) is 13.2 Å². The predicted molar refractivity (Wildman–Crippen MR) is 45.7 cm³/mol. The molecule has 0 saturated carbocycles. The molecule has 2 rings (SSSR count). The summed E-state index contributed by atoms with van der Waals surface area (Å²) in [5, 5.41) is 0. The molecule has 0 saturated heterocycles. The van der Waals surface area contributed by atoms with Crippen molar-refractivity contribution in [3.63, 3.8) is 0 Å². The quantitative estimate of drug-likeness (QED) is 0.664. The Balaban J connectivity index is 2.53. The van der Waals surface area contributed by atoms with Crippen molar-refractivity contribution in [2.24, 2.45) is 0 Å². The van der Waals surface area contributed by atoms with E-state index in [0.29, 0.717) is 0 Å². The van der Waals surface area contributed by atoms with E-state index in [-0.39, 0.29) is 30.1 Å². The molecule has 15 heavy (non-hydrogen) atoms. The van der Waals surface area contributed by atoms with Crippen molar-refractivity contribution in [3.05, 3.63) is 29.3 Å². The van der Waals surface area contributed by atoms with E-state index in [1.165, 1.54) is 12.1 Å². The van der Waals surface area contributed by atoms with Crippen molar-refractivity contribution in [1.29, 1.82) is 0 Å². The van der Waals surface area contributed by atoms with Crippen LogP contribution in [0.5, 0.6) is 5.75 Å². The first-order chi connectivity index (χ1) is 6.98. The van der Waals surface area contributed by atoms with Gasteiger partial charge in [0.2, 0.25) is 0 Å². The van der Waals surface area contributed by atoms with Gasteiger partial charge in [0.25, 0.3) is 0 Å². The van der Waals surface area contributed by atoms with Gasteiger partial charge in [0.05, 0.1) is 5.56 Å². The van der Waals surface area contributed by atoms with Gasteiger partial charge in [0, 0.05) is 12.0 Å². The smallest absolute Gasteiger partial charge is 0.416 e. The van der Waals surface area contributed by atoms with Gasteiger partial charge >= 0.3 is 6.18 Å². The molecule has 5 heteroatoms. The third-order valence-corrected chi connectivity index (χ3v) is 2.20. The Morgan fingerprint density at radius 3 is 2.67 bits per heavy atom. The molecule has 0 atom stereocenters. The van der Waals surface area contributed by atoms with Crippen LogP contribution in [0.1, 0.15) is 11.1 Å². The highest BCUT2D eigenvalue weighted by molar-refractivity contribution is 5.85. The number of hydrogen-bond donors (Lipinski definition) is 0. The minimum atomic E-state index is -4.44. The topological polar surface area (TPSA) is 26.3 Å². The first-order valence-corrected chi connectivity index (χ1v) is 4.32. The molecule has 0 N–H and O–H groups in total. The molecule has 1 aromatic rings. The van der Waals surface area contributed by atoms with Crippen molar-refractivity contribution in [2.75, 3.05) is 6.61 Å². The largest absolute Gasteiger partial charge is 0.486 e. The molecule has 1 aliphatic rings. The maximum Gasteiger partial charge on any atom is 0.416 e. The Labute approximate surface area is 83.7 Å². The van der Waals surface area contributed by atoms with Crippen LogP contribution in [0.2, 0.25) is 0 Å². The molecule has 0 spiro atoms. The second-order valence-corrected chi connectivity index (χ2v) is 3.28. The molecule has 0 radical (unpaired) electrons. The Bertz CT molecular complexity index is 410. The lowest BCUT2D eigenvalue weighted by molar-refractivity contribution is -0.138. The van der Waals surface area contributed by atoms with Gasteiger partial charge in [-0.1, -0.05) is 6.07 Å². The highest BCUT2D eigenvalue weighted by atomic mass is 19.4. The number of hydrogen-bond acceptors (Lipinski definition) is 2. The molecule has 0 unspecified atom stereocenters. The number of carbonyl (C=O) groups excluding carboxylic acids is 1. The standard InChI is InChI=1S/C10H7F3O2/c11-10(12,13)8-2-1-3-9-7(8)4-6(14)5-15-9/h1-3H,4-5H2. The lowest BCUT2D eigenvalue weighted by atomic mass is 9.99. The van der Waals surface area contributed by atoms with Crippen LogP contribution in [-0.4, -0.2) is 12.4 Å². The third-order valence-electron chi connectivity index (χ3n) is 2.20. The van der Waals surface area contributed by atoms with Gasteiger partial charge in [0.15, 0.2) is 5.78 Å². The number of benzene rings is 1. The monoisotopic (exact) mass is 216 g/mol. The Morgan fingerprint density at radius 1 is 1.27 bits per heavy atom. The summed E-state index contributed by atoms with van der Waals surface area (Å²) in [7, 11) is 0. The van der Waals surface area contributed by atoms with Gasteiger partial charge in [-0.05, 0) is 12.1 Å². The summed E-state index contributed by atoms with van der Waals surface area (Å²) in [6, 6.07) is 3.68. The summed E-state index contributed by atoms with van der Waals surface area (Å²) in [4.78, 5) is 11.0. The van der Waals surface area contributed by atoms with Crippen molar-refractivity contribution in [3.8, 4) is 5.75 Å². The van der Waals surface area contributed by atoms with Crippen LogP contribution in [0.25, 0.3) is 0 Å². The van der Waals surface area contributed by atoms with E-state index in [1.54, 1.807) is 0 Å². The van der Waals surface area contributed by atoms with E-state index in [0.717, 1.165) is 6.07 Å². The molecule has 1 aliphatic heterocycles. The fourth-order valence-electron chi connectivity index (χ4n) is 1.56. The highest BCUT2D eigenvalue weighted by Crippen LogP contribution is 2.37. The van der Waals surface area contributed by atoms with E-state index in [1.807, 2.05) is 0 Å². The average molecular weight is 216 g/mol. The van der Waals surface area contributed by atoms with Crippen LogP contribution >= 0.6 is 0 Å². The van der Waals surface area contributed by atoms with Gasteiger partial charge < -0.3 is 4.74 Å². The van der Waals surface area contributed by atoms with E-state index in [9.17, 15) is 18.0 Å². The number of Topliss-reactive ketones (excluding diaryl/α,β-unsaturated/α-hetero) is 1. The Kier molecular flexibility index (Phi) is 2.17. The summed E-state index contributed by atoms with van der Waals surface area (Å²) < 4.78 is 42.5. The van der Waals surface area contributed by atoms with Gasteiger partial charge in [-0.25, -0.2) is 0 Å². The number of fused-ring (bicyclic) bond motifs is 1. The van der Waals surface area contributed by atoms with Gasteiger partial charge in [-0.2, -0.15) is 13.2 Å². The first kappa shape index (κ1) is 10.0. The number of carbonyl (C=O) groups is 1. The van der Waals surface area contributed by atoms with Crippen LogP contribution < -0.4 is 4.74 Å². The Hall–Kier alpha value is -1.52. The number of halogens is 3. The summed E-state index contributed by atoms with van der Waals surface area (Å²) in [6.07, 6.45) is -4.64. The van der Waals surface area contributed by atoms with Crippen LogP contribution in [0.3, 0.4) is 0 Å². The molecule has 0 aliphatic carbocycles. The molecule has 0 bridgehead atoms. The highest BCUT2D eigenvalue weighted by Gasteiger charge is 2.36. The zero-order valence-corrected chi connectivity index (χ0v) is 7.60. The maximum atomic E-state index is 12.5. The Morgan fingerprint density at radius 2 is 2.00 bits per heavy atom. The number of alkyl halides is 3. The fourth-order valence-corrected chi connectivity index (χ4v) is 1.56. The van der Waals surface area contributed by atoms with Gasteiger partial charge in [-0.15, -0.1) is 0 Å². The average Bonchev–Trinajstić information content (AvgIpc) is 2.15. The van der Waals surface area contributed by atoms with E-state index in [2.05, 4.69) is 0 Å². The molecular formula is C10H7F3O2. The van der Waals surface area contributed by atoms with Crippen LogP contribution in [0.15, 0.2) is 18.2 Å². The minimum absolute atomic E-state index is 0.0544. The van der Waals surface area contributed by atoms with E-state index in [4.69, 9.17) is 4.74 Å². The third kappa shape index (κ3) is 1.82. The lowest BCUT2D eigenvalue weighted by Crippen LogP contribution is -2.23. The maximum absolute atomic E-state index is 12.5. The molecule has 80 valence electrons. The molecule has 1 aromatic carbocycles. The normalized spacial score (nSPS) is 15.8. The second-order valence-electron chi connectivity index (χ2n) is 3.28. The number of ether oxygens (including phenoxy) is 1. The lowest BCUT2D eigenvalue weighted by Gasteiger charge is -2.20. The predicted octanol–water partition coefficient (Wildman–Crippen LogP) is 2.21. The molecule has 2 nitrogen and oxygen atoms in total. The molecule has 0 fully saturated rings. The molecule has 0 amide bonds. The fraction of sp³-hybridized carbons (Fsp3) is 0.300. The second kappa shape index (κ2) is 3.25. The zero-order chi connectivity index (χ0) is 11.1. The summed E-state index contributed by atoms with van der Waals surface area (Å²) in [6.45, 7) is -0.145. The van der Waals surface area contributed by atoms with Gasteiger partial charge in [0.1, 0.15) is 12.4 Å². The van der Waals surface area contributed by atoms with Crippen molar-refractivity contribution < 1.29 is 22.7 Å². The number of ketones is 1. The summed E-state index contributed by atoms with van der Waals surface area (Å²) in [5.74, 6) is -0.177. The number of rotatable bonds is 0. The van der Waals surface area contributed by atoms with Crippen LogP contribution in [0, 0.1) is 0 Å². The van der Waals surface area contributed by atoms with Gasteiger partial charge in [-0.3, -0.25) is 4.79 Å². The molecule has 1 heterocycles.